The third-order valence-electron chi connectivity index (χ3n) is 3.03. The van der Waals surface area contributed by atoms with Crippen molar-refractivity contribution in [2.45, 2.75) is 20.0 Å². The molecule has 2 aromatic rings. The van der Waals surface area contributed by atoms with Crippen molar-refractivity contribution in [1.82, 2.24) is 4.98 Å². The van der Waals surface area contributed by atoms with Gasteiger partial charge < -0.3 is 19.5 Å². The van der Waals surface area contributed by atoms with Crippen molar-refractivity contribution in [3.05, 3.63) is 42.2 Å². The number of ether oxygens (including phenoxy) is 3. The Bertz CT molecular complexity index is 686. The molecule has 1 aromatic heterocycles. The van der Waals surface area contributed by atoms with Gasteiger partial charge in [0.2, 0.25) is 0 Å². The van der Waals surface area contributed by atoms with Gasteiger partial charge in [-0.1, -0.05) is 0 Å². The van der Waals surface area contributed by atoms with Crippen LogP contribution in [-0.2, 0) is 4.74 Å². The van der Waals surface area contributed by atoms with Crippen LogP contribution in [0.4, 0.5) is 11.4 Å². The number of benzene rings is 1. The molecule has 0 bridgehead atoms. The fourth-order valence-corrected chi connectivity index (χ4v) is 2.03. The lowest BCUT2D eigenvalue weighted by atomic mass is 10.2. The number of nitrogens with one attached hydrogen (secondary N) is 1. The largest absolute Gasteiger partial charge is 0.493 e. The van der Waals surface area contributed by atoms with Crippen molar-refractivity contribution in [3.8, 4) is 11.5 Å². The SMILES string of the molecule is COC(=O)c1cnccc1Nc1ccc(OC)c(OC(C)C)c1. The number of carbonyl (C=O) groups excluding carboxylic acids is 1. The minimum atomic E-state index is -0.451. The molecule has 0 amide bonds. The fraction of sp³-hybridized carbons (Fsp3) is 0.294. The van der Waals surface area contributed by atoms with E-state index in [0.717, 1.165) is 5.69 Å². The first kappa shape index (κ1) is 16.6. The van der Waals surface area contributed by atoms with Crippen molar-refractivity contribution >= 4 is 17.3 Å². The van der Waals surface area contributed by atoms with Crippen LogP contribution in [0.3, 0.4) is 0 Å². The lowest BCUT2D eigenvalue weighted by Gasteiger charge is -2.16. The van der Waals surface area contributed by atoms with E-state index in [9.17, 15) is 4.79 Å². The van der Waals surface area contributed by atoms with E-state index in [0.29, 0.717) is 22.7 Å². The molecule has 0 saturated heterocycles. The Labute approximate surface area is 135 Å². The van der Waals surface area contributed by atoms with Crippen LogP contribution < -0.4 is 14.8 Å². The lowest BCUT2D eigenvalue weighted by Crippen LogP contribution is -2.08. The van der Waals surface area contributed by atoms with E-state index in [1.807, 2.05) is 26.0 Å². The lowest BCUT2D eigenvalue weighted by molar-refractivity contribution is 0.0601. The quantitative estimate of drug-likeness (QED) is 0.824. The van der Waals surface area contributed by atoms with E-state index in [4.69, 9.17) is 14.2 Å². The Morgan fingerprint density at radius 2 is 1.96 bits per heavy atom. The number of aromatic nitrogens is 1. The van der Waals surface area contributed by atoms with E-state index in [1.54, 1.807) is 25.4 Å². The monoisotopic (exact) mass is 316 g/mol. The predicted octanol–water partition coefficient (Wildman–Crippen LogP) is 3.41. The summed E-state index contributed by atoms with van der Waals surface area (Å²) in [4.78, 5) is 15.7. The third-order valence-corrected chi connectivity index (χ3v) is 3.03. The molecule has 0 atom stereocenters. The van der Waals surface area contributed by atoms with Crippen LogP contribution >= 0.6 is 0 Å². The number of carbonyl (C=O) groups is 1. The van der Waals surface area contributed by atoms with Gasteiger partial charge >= 0.3 is 5.97 Å². The highest BCUT2D eigenvalue weighted by Crippen LogP contribution is 2.32. The third kappa shape index (κ3) is 4.12. The van der Waals surface area contributed by atoms with Crippen molar-refractivity contribution < 1.29 is 19.0 Å². The molecule has 2 rings (SSSR count). The summed E-state index contributed by atoms with van der Waals surface area (Å²) in [6.45, 7) is 3.88. The predicted molar refractivity (Wildman–Crippen MR) is 87.6 cm³/mol. The van der Waals surface area contributed by atoms with Gasteiger partial charge in [-0.3, -0.25) is 4.98 Å². The highest BCUT2D eigenvalue weighted by molar-refractivity contribution is 5.96. The molecule has 0 radical (unpaired) electrons. The number of hydrogen-bond acceptors (Lipinski definition) is 6. The number of rotatable bonds is 6. The molecule has 6 nitrogen and oxygen atoms in total. The number of anilines is 2. The minimum Gasteiger partial charge on any atom is -0.493 e. The van der Waals surface area contributed by atoms with Crippen LogP contribution in [0.2, 0.25) is 0 Å². The van der Waals surface area contributed by atoms with Crippen LogP contribution in [0.25, 0.3) is 0 Å². The van der Waals surface area contributed by atoms with Gasteiger partial charge in [0.05, 0.1) is 26.0 Å². The van der Waals surface area contributed by atoms with E-state index in [1.165, 1.54) is 13.3 Å². The summed E-state index contributed by atoms with van der Waals surface area (Å²) < 4.78 is 15.8. The van der Waals surface area contributed by atoms with Gasteiger partial charge in [-0.2, -0.15) is 0 Å². The smallest absolute Gasteiger partial charge is 0.341 e. The van der Waals surface area contributed by atoms with Gasteiger partial charge in [-0.25, -0.2) is 4.79 Å². The number of methoxy groups -OCH3 is 2. The molecule has 0 spiro atoms. The topological polar surface area (TPSA) is 69.7 Å². The standard InChI is InChI=1S/C17H20N2O4/c1-11(2)23-16-9-12(5-6-15(16)21-3)19-14-7-8-18-10-13(14)17(20)22-4/h5-11H,1-4H3,(H,18,19). The Morgan fingerprint density at radius 3 is 2.61 bits per heavy atom. The molecule has 0 aliphatic heterocycles. The summed E-state index contributed by atoms with van der Waals surface area (Å²) in [5.41, 5.74) is 1.72. The van der Waals surface area contributed by atoms with Crippen molar-refractivity contribution in [3.63, 3.8) is 0 Å². The fourth-order valence-electron chi connectivity index (χ4n) is 2.03. The maximum atomic E-state index is 11.8. The molecule has 0 aliphatic rings. The summed E-state index contributed by atoms with van der Waals surface area (Å²) in [6.07, 6.45) is 3.08. The van der Waals surface area contributed by atoms with Crippen molar-refractivity contribution in [1.29, 1.82) is 0 Å². The molecule has 0 unspecified atom stereocenters. The van der Waals surface area contributed by atoms with Crippen LogP contribution in [-0.4, -0.2) is 31.3 Å². The molecular weight excluding hydrogens is 296 g/mol. The zero-order chi connectivity index (χ0) is 16.8. The van der Waals surface area contributed by atoms with Crippen molar-refractivity contribution in [2.24, 2.45) is 0 Å². The number of nitrogens with zero attached hydrogens (tertiary/aromatic N) is 1. The summed E-state index contributed by atoms with van der Waals surface area (Å²) in [5.74, 6) is 0.820. The highest BCUT2D eigenvalue weighted by Gasteiger charge is 2.13. The molecule has 122 valence electrons. The molecule has 6 heteroatoms. The van der Waals surface area contributed by atoms with E-state index in [-0.39, 0.29) is 6.10 Å². The number of hydrogen-bond donors (Lipinski definition) is 1. The van der Waals surface area contributed by atoms with Gasteiger partial charge in [-0.05, 0) is 32.0 Å². The van der Waals surface area contributed by atoms with Crippen LogP contribution in [0, 0.1) is 0 Å². The number of pyridine rings is 1. The van der Waals surface area contributed by atoms with Gasteiger partial charge in [-0.15, -0.1) is 0 Å². The number of esters is 1. The summed E-state index contributed by atoms with van der Waals surface area (Å²) in [7, 11) is 2.93. The maximum absolute atomic E-state index is 11.8. The van der Waals surface area contributed by atoms with Crippen LogP contribution in [0.15, 0.2) is 36.7 Å². The molecular formula is C17H20N2O4. The molecule has 1 aromatic carbocycles. The second-order valence-corrected chi connectivity index (χ2v) is 5.07. The van der Waals surface area contributed by atoms with Crippen molar-refractivity contribution in [2.75, 3.05) is 19.5 Å². The average Bonchev–Trinajstić information content (AvgIpc) is 2.54. The molecule has 0 fully saturated rings. The molecule has 0 saturated carbocycles. The minimum absolute atomic E-state index is 0.0192. The summed E-state index contributed by atoms with van der Waals surface area (Å²) >= 11 is 0. The van der Waals surface area contributed by atoms with Gasteiger partial charge in [0.15, 0.2) is 11.5 Å². The Morgan fingerprint density at radius 1 is 1.17 bits per heavy atom. The second kappa shape index (κ2) is 7.49. The summed E-state index contributed by atoms with van der Waals surface area (Å²) in [6, 6.07) is 7.17. The Hall–Kier alpha value is -2.76. The Kier molecular flexibility index (Phi) is 5.41. The molecule has 0 aliphatic carbocycles. The summed E-state index contributed by atoms with van der Waals surface area (Å²) in [5, 5.41) is 3.18. The average molecular weight is 316 g/mol. The normalized spacial score (nSPS) is 10.3. The first-order valence-electron chi connectivity index (χ1n) is 7.19. The van der Waals surface area contributed by atoms with Gasteiger partial charge in [0, 0.05) is 24.1 Å². The van der Waals surface area contributed by atoms with E-state index >= 15 is 0 Å². The molecule has 23 heavy (non-hydrogen) atoms. The first-order valence-corrected chi connectivity index (χ1v) is 7.19. The highest BCUT2D eigenvalue weighted by atomic mass is 16.5. The van der Waals surface area contributed by atoms with E-state index < -0.39 is 5.97 Å². The maximum Gasteiger partial charge on any atom is 0.341 e. The van der Waals surface area contributed by atoms with Crippen LogP contribution in [0.5, 0.6) is 11.5 Å². The van der Waals surface area contributed by atoms with Gasteiger partial charge in [0.25, 0.3) is 0 Å². The Balaban J connectivity index is 2.32. The molecule has 1 N–H and O–H groups in total. The first-order chi connectivity index (χ1) is 11.0. The zero-order valence-corrected chi connectivity index (χ0v) is 13.6. The van der Waals surface area contributed by atoms with Gasteiger partial charge in [0.1, 0.15) is 5.56 Å². The van der Waals surface area contributed by atoms with E-state index in [2.05, 4.69) is 10.3 Å². The van der Waals surface area contributed by atoms with Crippen LogP contribution in [0.1, 0.15) is 24.2 Å². The zero-order valence-electron chi connectivity index (χ0n) is 13.6. The molecule has 1 heterocycles. The second-order valence-electron chi connectivity index (χ2n) is 5.07.